The van der Waals surface area contributed by atoms with Crippen LogP contribution in [0.3, 0.4) is 0 Å². The van der Waals surface area contributed by atoms with Gasteiger partial charge >= 0.3 is 0 Å². The normalized spacial score (nSPS) is 13.0. The van der Waals surface area contributed by atoms with E-state index in [2.05, 4.69) is 10.6 Å². The van der Waals surface area contributed by atoms with Gasteiger partial charge in [-0.3, -0.25) is 9.59 Å². The van der Waals surface area contributed by atoms with E-state index >= 15 is 0 Å². The van der Waals surface area contributed by atoms with E-state index in [0.717, 1.165) is 21.4 Å². The second-order valence-corrected chi connectivity index (χ2v) is 7.25. The second-order valence-electron chi connectivity index (χ2n) is 6.82. The van der Waals surface area contributed by atoms with Crippen LogP contribution in [-0.4, -0.2) is 31.4 Å². The molecule has 2 atom stereocenters. The van der Waals surface area contributed by atoms with Crippen molar-refractivity contribution >= 4 is 45.6 Å². The van der Waals surface area contributed by atoms with Gasteiger partial charge in [-0.15, -0.1) is 0 Å². The summed E-state index contributed by atoms with van der Waals surface area (Å²) in [6, 6.07) is 20.2. The highest BCUT2D eigenvalue weighted by molar-refractivity contribution is 6.30. The highest BCUT2D eigenvalue weighted by atomic mass is 35.5. The summed E-state index contributed by atoms with van der Waals surface area (Å²) >= 11 is 5.86. The molecule has 0 radical (unpaired) electrons. The van der Waals surface area contributed by atoms with Crippen molar-refractivity contribution in [3.63, 3.8) is 0 Å². The maximum Gasteiger partial charge on any atom is 0.282 e. The lowest BCUT2D eigenvalue weighted by Crippen LogP contribution is -3.14. The first-order chi connectivity index (χ1) is 13.4. The third kappa shape index (κ3) is 4.88. The Hall–Kier alpha value is -2.89. The summed E-state index contributed by atoms with van der Waals surface area (Å²) in [5, 5.41) is 8.47. The smallest absolute Gasteiger partial charge is 0.282 e. The molecule has 2 amide bonds. The molecule has 0 bridgehead atoms. The number of fused-ring (bicyclic) bond motifs is 1. The molecular formula is C22H23ClN3O2+. The predicted molar refractivity (Wildman–Crippen MR) is 114 cm³/mol. The molecule has 0 fully saturated rings. The van der Waals surface area contributed by atoms with E-state index in [1.54, 1.807) is 31.2 Å². The summed E-state index contributed by atoms with van der Waals surface area (Å²) in [4.78, 5) is 25.8. The van der Waals surface area contributed by atoms with Gasteiger partial charge in [0.05, 0.1) is 7.05 Å². The number of halogens is 1. The summed E-state index contributed by atoms with van der Waals surface area (Å²) in [5.41, 5.74) is 1.45. The minimum absolute atomic E-state index is 0.139. The zero-order chi connectivity index (χ0) is 20.1. The summed E-state index contributed by atoms with van der Waals surface area (Å²) in [5.74, 6) is -0.294. The number of benzene rings is 3. The maximum atomic E-state index is 12.5. The van der Waals surface area contributed by atoms with Crippen LogP contribution in [0.15, 0.2) is 66.7 Å². The molecule has 144 valence electrons. The molecule has 3 aromatic carbocycles. The Balaban J connectivity index is 1.59. The lowest BCUT2D eigenvalue weighted by molar-refractivity contribution is -0.885. The fraction of sp³-hybridized carbons (Fsp3) is 0.182. The van der Waals surface area contributed by atoms with Gasteiger partial charge in [-0.25, -0.2) is 0 Å². The molecule has 0 spiro atoms. The Labute approximate surface area is 169 Å². The van der Waals surface area contributed by atoms with Crippen LogP contribution < -0.4 is 15.5 Å². The molecule has 0 aliphatic rings. The molecule has 5 nitrogen and oxygen atoms in total. The molecule has 0 saturated heterocycles. The first-order valence-corrected chi connectivity index (χ1v) is 9.48. The zero-order valence-electron chi connectivity index (χ0n) is 15.8. The minimum atomic E-state index is -0.394. The number of nitrogens with one attached hydrogen (secondary N) is 3. The molecule has 0 aliphatic carbocycles. The maximum absolute atomic E-state index is 12.5. The van der Waals surface area contributed by atoms with Crippen molar-refractivity contribution in [1.82, 2.24) is 0 Å². The molecular weight excluding hydrogens is 374 g/mol. The number of hydrogen-bond acceptors (Lipinski definition) is 2. The average Bonchev–Trinajstić information content (AvgIpc) is 2.69. The Morgan fingerprint density at radius 3 is 2.39 bits per heavy atom. The van der Waals surface area contributed by atoms with Crippen LogP contribution in [0.25, 0.3) is 10.8 Å². The molecule has 6 heteroatoms. The van der Waals surface area contributed by atoms with Crippen LogP contribution in [0.5, 0.6) is 0 Å². The summed E-state index contributed by atoms with van der Waals surface area (Å²) < 4.78 is 0. The van der Waals surface area contributed by atoms with Crippen LogP contribution >= 0.6 is 11.6 Å². The molecule has 28 heavy (non-hydrogen) atoms. The Morgan fingerprint density at radius 2 is 1.64 bits per heavy atom. The molecule has 0 saturated carbocycles. The lowest BCUT2D eigenvalue weighted by Gasteiger charge is -2.21. The van der Waals surface area contributed by atoms with Crippen molar-refractivity contribution in [1.29, 1.82) is 0 Å². The largest absolute Gasteiger partial charge is 0.321 e. The van der Waals surface area contributed by atoms with Gasteiger partial charge in [0.1, 0.15) is 0 Å². The number of rotatable bonds is 6. The second kappa shape index (κ2) is 8.87. The van der Waals surface area contributed by atoms with Gasteiger partial charge in [0.15, 0.2) is 12.6 Å². The van der Waals surface area contributed by atoms with E-state index in [4.69, 9.17) is 11.6 Å². The van der Waals surface area contributed by atoms with Crippen molar-refractivity contribution in [3.05, 3.63) is 71.8 Å². The van der Waals surface area contributed by atoms with Crippen LogP contribution in [0.2, 0.25) is 5.02 Å². The lowest BCUT2D eigenvalue weighted by atomic mass is 10.1. The van der Waals surface area contributed by atoms with Gasteiger partial charge in [0, 0.05) is 21.8 Å². The first kappa shape index (κ1) is 19.9. The van der Waals surface area contributed by atoms with Crippen LogP contribution in [0, 0.1) is 0 Å². The van der Waals surface area contributed by atoms with E-state index in [1.807, 2.05) is 49.5 Å². The van der Waals surface area contributed by atoms with Gasteiger partial charge in [0.2, 0.25) is 0 Å². The predicted octanol–water partition coefficient (Wildman–Crippen LogP) is 2.97. The van der Waals surface area contributed by atoms with E-state index in [1.165, 1.54) is 0 Å². The van der Waals surface area contributed by atoms with Gasteiger partial charge in [-0.2, -0.15) is 0 Å². The van der Waals surface area contributed by atoms with E-state index < -0.39 is 6.04 Å². The molecule has 3 N–H and O–H groups in total. The number of anilines is 2. The van der Waals surface area contributed by atoms with Crippen LogP contribution in [0.1, 0.15) is 6.92 Å². The topological polar surface area (TPSA) is 62.6 Å². The van der Waals surface area contributed by atoms with Gasteiger partial charge in [-0.1, -0.05) is 48.0 Å². The first-order valence-electron chi connectivity index (χ1n) is 9.10. The van der Waals surface area contributed by atoms with Crippen molar-refractivity contribution < 1.29 is 14.5 Å². The number of amides is 2. The molecule has 0 heterocycles. The molecule has 1 unspecified atom stereocenters. The van der Waals surface area contributed by atoms with Gasteiger partial charge < -0.3 is 15.5 Å². The highest BCUT2D eigenvalue weighted by Crippen LogP contribution is 2.22. The van der Waals surface area contributed by atoms with Crippen molar-refractivity contribution in [2.24, 2.45) is 0 Å². The van der Waals surface area contributed by atoms with Crippen molar-refractivity contribution in [2.75, 3.05) is 24.2 Å². The highest BCUT2D eigenvalue weighted by Gasteiger charge is 2.24. The van der Waals surface area contributed by atoms with Crippen molar-refractivity contribution in [2.45, 2.75) is 13.0 Å². The monoisotopic (exact) mass is 396 g/mol. The fourth-order valence-electron chi connectivity index (χ4n) is 2.94. The Morgan fingerprint density at radius 1 is 0.964 bits per heavy atom. The van der Waals surface area contributed by atoms with Gasteiger partial charge in [-0.05, 0) is 42.6 Å². The standard InChI is InChI=1S/C22H22ClN3O2/c1-15(22(28)24-18-12-10-17(23)11-13-18)26(2)14-21(27)25-20-9-5-7-16-6-3-4-8-19(16)20/h3-13,15H,14H2,1-2H3,(H,24,28)(H,25,27)/p+1/t15-/m1/s1. The van der Waals surface area contributed by atoms with Crippen LogP contribution in [0.4, 0.5) is 11.4 Å². The molecule has 3 aromatic rings. The van der Waals surface area contributed by atoms with E-state index in [9.17, 15) is 9.59 Å². The minimum Gasteiger partial charge on any atom is -0.321 e. The molecule has 3 rings (SSSR count). The third-order valence-corrected chi connectivity index (χ3v) is 5.00. The Bertz CT molecular complexity index is 983. The molecule has 0 aromatic heterocycles. The fourth-order valence-corrected chi connectivity index (χ4v) is 3.07. The van der Waals surface area contributed by atoms with Crippen molar-refractivity contribution in [3.8, 4) is 0 Å². The number of carbonyl (C=O) groups excluding carboxylic acids is 2. The number of likely N-dealkylation sites (N-methyl/N-ethyl adjacent to an activating group) is 1. The number of quaternary nitrogens is 1. The zero-order valence-corrected chi connectivity index (χ0v) is 16.6. The number of hydrogen-bond donors (Lipinski definition) is 3. The average molecular weight is 397 g/mol. The third-order valence-electron chi connectivity index (χ3n) is 4.75. The SMILES string of the molecule is C[C@H](C(=O)Nc1ccc(Cl)cc1)[NH+](C)CC(=O)Nc1cccc2ccccc12. The quantitative estimate of drug-likeness (QED) is 0.599. The summed E-state index contributed by atoms with van der Waals surface area (Å²) in [6.07, 6.45) is 0. The van der Waals surface area contributed by atoms with E-state index in [0.29, 0.717) is 10.7 Å². The van der Waals surface area contributed by atoms with Crippen LogP contribution in [-0.2, 0) is 9.59 Å². The van der Waals surface area contributed by atoms with Gasteiger partial charge in [0.25, 0.3) is 11.8 Å². The summed E-state index contributed by atoms with van der Waals surface area (Å²) in [6.45, 7) is 1.98. The van der Waals surface area contributed by atoms with E-state index in [-0.39, 0.29) is 18.4 Å². The molecule has 0 aliphatic heterocycles. The number of carbonyl (C=O) groups is 2. The Kier molecular flexibility index (Phi) is 6.29. The summed E-state index contributed by atoms with van der Waals surface area (Å²) in [7, 11) is 1.83.